The van der Waals surface area contributed by atoms with Crippen molar-refractivity contribution in [3.8, 4) is 12.3 Å². The van der Waals surface area contributed by atoms with Gasteiger partial charge in [-0.2, -0.15) is 0 Å². The molecule has 1 rings (SSSR count). The van der Waals surface area contributed by atoms with E-state index in [-0.39, 0.29) is 0 Å². The van der Waals surface area contributed by atoms with Gasteiger partial charge >= 0.3 is 0 Å². The Morgan fingerprint density at radius 1 is 1.42 bits per heavy atom. The maximum atomic E-state index is 10.6. The number of allylic oxidation sites excluding steroid dienone is 2. The quantitative estimate of drug-likeness (QED) is 0.525. The molecule has 1 N–H and O–H groups in total. The van der Waals surface area contributed by atoms with E-state index >= 15 is 0 Å². The van der Waals surface area contributed by atoms with Gasteiger partial charge in [-0.1, -0.05) is 63.1 Å². The molecule has 1 nitrogen and oxygen atoms in total. The Labute approximate surface area is 122 Å². The fourth-order valence-electron chi connectivity index (χ4n) is 2.49. The summed E-state index contributed by atoms with van der Waals surface area (Å²) in [6, 6.07) is 0. The highest BCUT2D eigenvalue weighted by Crippen LogP contribution is 2.33. The van der Waals surface area contributed by atoms with Gasteiger partial charge in [0.1, 0.15) is 5.60 Å². The first-order chi connectivity index (χ1) is 9.01. The van der Waals surface area contributed by atoms with E-state index in [1.807, 2.05) is 6.08 Å². The van der Waals surface area contributed by atoms with Crippen molar-refractivity contribution in [2.45, 2.75) is 64.4 Å². The standard InChI is InChI=1S/C17H25ClO/c1-4-6-7-8-9-10-17(19,5-2)15-11-14(3)12-16(18)13-15/h2,11,13-14,19H,4,6-10,12H2,1,3H3. The number of hydrogen-bond donors (Lipinski definition) is 1. The molecule has 2 atom stereocenters. The average molecular weight is 281 g/mol. The van der Waals surface area contributed by atoms with Crippen LogP contribution < -0.4 is 0 Å². The summed E-state index contributed by atoms with van der Waals surface area (Å²) in [6.07, 6.45) is 16.7. The number of aliphatic hydroxyl groups is 1. The lowest BCUT2D eigenvalue weighted by molar-refractivity contribution is 0.128. The van der Waals surface area contributed by atoms with Crippen molar-refractivity contribution in [3.05, 3.63) is 22.8 Å². The van der Waals surface area contributed by atoms with E-state index in [0.717, 1.165) is 29.9 Å². The lowest BCUT2D eigenvalue weighted by Crippen LogP contribution is -2.30. The van der Waals surface area contributed by atoms with Gasteiger partial charge in [-0.15, -0.1) is 6.42 Å². The molecule has 0 spiro atoms. The zero-order valence-electron chi connectivity index (χ0n) is 12.1. The Bertz CT molecular complexity index is 389. The van der Waals surface area contributed by atoms with E-state index in [0.29, 0.717) is 12.3 Å². The van der Waals surface area contributed by atoms with Crippen molar-refractivity contribution in [2.75, 3.05) is 0 Å². The molecule has 0 bridgehead atoms. The van der Waals surface area contributed by atoms with Crippen molar-refractivity contribution in [1.29, 1.82) is 0 Å². The van der Waals surface area contributed by atoms with Crippen LogP contribution in [0.3, 0.4) is 0 Å². The van der Waals surface area contributed by atoms with Crippen LogP contribution in [0.5, 0.6) is 0 Å². The third-order valence-corrected chi connectivity index (χ3v) is 3.92. The summed E-state index contributed by atoms with van der Waals surface area (Å²) in [7, 11) is 0. The van der Waals surface area contributed by atoms with E-state index in [2.05, 4.69) is 25.8 Å². The van der Waals surface area contributed by atoms with E-state index in [9.17, 15) is 5.11 Å². The van der Waals surface area contributed by atoms with Crippen LogP contribution in [0.15, 0.2) is 22.8 Å². The Kier molecular flexibility index (Phi) is 6.69. The van der Waals surface area contributed by atoms with Crippen LogP contribution in [-0.4, -0.2) is 10.7 Å². The number of rotatable bonds is 7. The van der Waals surface area contributed by atoms with Gasteiger partial charge in [0.25, 0.3) is 0 Å². The molecule has 0 heterocycles. The summed E-state index contributed by atoms with van der Waals surface area (Å²) >= 11 is 6.11. The summed E-state index contributed by atoms with van der Waals surface area (Å²) in [5.74, 6) is 2.90. The van der Waals surface area contributed by atoms with Crippen molar-refractivity contribution >= 4 is 11.6 Å². The number of unbranched alkanes of at least 4 members (excludes halogenated alkanes) is 4. The fourth-order valence-corrected chi connectivity index (χ4v) is 2.85. The van der Waals surface area contributed by atoms with Crippen molar-refractivity contribution in [3.63, 3.8) is 0 Å². The molecule has 0 fully saturated rings. The van der Waals surface area contributed by atoms with Crippen molar-refractivity contribution in [1.82, 2.24) is 0 Å². The van der Waals surface area contributed by atoms with Crippen LogP contribution in [0.1, 0.15) is 58.8 Å². The van der Waals surface area contributed by atoms with Gasteiger partial charge in [0.15, 0.2) is 0 Å². The number of hydrogen-bond acceptors (Lipinski definition) is 1. The van der Waals surface area contributed by atoms with Crippen LogP contribution in [0.2, 0.25) is 0 Å². The molecule has 19 heavy (non-hydrogen) atoms. The molecule has 0 aromatic carbocycles. The maximum absolute atomic E-state index is 10.6. The lowest BCUT2D eigenvalue weighted by atomic mass is 9.83. The fraction of sp³-hybridized carbons (Fsp3) is 0.647. The van der Waals surface area contributed by atoms with E-state index in [1.165, 1.54) is 19.3 Å². The summed E-state index contributed by atoms with van der Waals surface area (Å²) in [5, 5.41) is 11.4. The SMILES string of the molecule is C#CC(O)(CCCCCCC)C1=CC(C)CC(Cl)=C1. The molecule has 2 unspecified atom stereocenters. The Morgan fingerprint density at radius 2 is 2.11 bits per heavy atom. The zero-order chi connectivity index (χ0) is 14.3. The lowest BCUT2D eigenvalue weighted by Gasteiger charge is -2.27. The second-order valence-electron chi connectivity index (χ2n) is 5.56. The van der Waals surface area contributed by atoms with Crippen LogP contribution in [0.4, 0.5) is 0 Å². The zero-order valence-corrected chi connectivity index (χ0v) is 12.8. The van der Waals surface area contributed by atoms with Gasteiger partial charge in [0, 0.05) is 5.03 Å². The normalized spacial score (nSPS) is 22.2. The van der Waals surface area contributed by atoms with Crippen molar-refractivity contribution < 1.29 is 5.11 Å². The molecule has 0 saturated heterocycles. The number of terminal acetylenes is 1. The smallest absolute Gasteiger partial charge is 0.150 e. The largest absolute Gasteiger partial charge is 0.373 e. The molecule has 0 radical (unpaired) electrons. The topological polar surface area (TPSA) is 20.2 Å². The van der Waals surface area contributed by atoms with Gasteiger partial charge in [0.05, 0.1) is 0 Å². The highest BCUT2D eigenvalue weighted by atomic mass is 35.5. The van der Waals surface area contributed by atoms with E-state index in [1.54, 1.807) is 0 Å². The molecule has 106 valence electrons. The highest BCUT2D eigenvalue weighted by molar-refractivity contribution is 6.29. The molecule has 1 aliphatic rings. The molecule has 0 aliphatic heterocycles. The second kappa shape index (κ2) is 7.78. The van der Waals surface area contributed by atoms with Crippen molar-refractivity contribution in [2.24, 2.45) is 5.92 Å². The molecular formula is C17H25ClO. The molecule has 0 aromatic heterocycles. The maximum Gasteiger partial charge on any atom is 0.150 e. The Balaban J connectivity index is 2.62. The third-order valence-electron chi connectivity index (χ3n) is 3.65. The first-order valence-electron chi connectivity index (χ1n) is 7.30. The Morgan fingerprint density at radius 3 is 2.68 bits per heavy atom. The molecule has 0 saturated carbocycles. The van der Waals surface area contributed by atoms with Crippen LogP contribution in [0.25, 0.3) is 0 Å². The molecule has 0 aromatic rings. The second-order valence-corrected chi connectivity index (χ2v) is 6.05. The van der Waals surface area contributed by atoms with Gasteiger partial charge in [-0.25, -0.2) is 0 Å². The predicted molar refractivity (Wildman–Crippen MR) is 83.0 cm³/mol. The minimum atomic E-state index is -1.15. The average Bonchev–Trinajstić information content (AvgIpc) is 2.37. The van der Waals surface area contributed by atoms with Gasteiger partial charge in [0.2, 0.25) is 0 Å². The van der Waals surface area contributed by atoms with E-state index in [4.69, 9.17) is 18.0 Å². The summed E-state index contributed by atoms with van der Waals surface area (Å²) in [5.41, 5.74) is -0.352. The molecule has 0 amide bonds. The predicted octanol–water partition coefficient (Wildman–Crippen LogP) is 4.80. The summed E-state index contributed by atoms with van der Waals surface area (Å²) in [4.78, 5) is 0. The van der Waals surface area contributed by atoms with Crippen LogP contribution in [-0.2, 0) is 0 Å². The minimum Gasteiger partial charge on any atom is -0.373 e. The minimum absolute atomic E-state index is 0.340. The molecule has 2 heteroatoms. The van der Waals surface area contributed by atoms with Gasteiger partial charge in [-0.3, -0.25) is 0 Å². The molecule has 1 aliphatic carbocycles. The third kappa shape index (κ3) is 5.05. The van der Waals surface area contributed by atoms with E-state index < -0.39 is 5.60 Å². The van der Waals surface area contributed by atoms with Crippen LogP contribution in [0, 0.1) is 18.3 Å². The Hall–Kier alpha value is -0.710. The first kappa shape index (κ1) is 16.3. The summed E-state index contributed by atoms with van der Waals surface area (Å²) in [6.45, 7) is 4.28. The van der Waals surface area contributed by atoms with Gasteiger partial charge < -0.3 is 5.11 Å². The molecular weight excluding hydrogens is 256 g/mol. The number of halogens is 1. The van der Waals surface area contributed by atoms with Gasteiger partial charge in [-0.05, 0) is 36.8 Å². The first-order valence-corrected chi connectivity index (χ1v) is 7.68. The summed E-state index contributed by atoms with van der Waals surface area (Å²) < 4.78 is 0. The monoisotopic (exact) mass is 280 g/mol. The highest BCUT2D eigenvalue weighted by Gasteiger charge is 2.29. The van der Waals surface area contributed by atoms with Crippen LogP contribution >= 0.6 is 11.6 Å².